The second kappa shape index (κ2) is 6.46. The minimum atomic E-state index is -0.912. The van der Waals surface area contributed by atoms with Crippen molar-refractivity contribution in [2.45, 2.75) is 31.7 Å². The first-order chi connectivity index (χ1) is 9.10. The van der Waals surface area contributed by atoms with E-state index < -0.39 is 11.6 Å². The molecule has 0 aliphatic heterocycles. The molecule has 0 spiro atoms. The van der Waals surface area contributed by atoms with E-state index in [-0.39, 0.29) is 18.4 Å². The van der Waals surface area contributed by atoms with E-state index in [1.54, 1.807) is 0 Å². The van der Waals surface area contributed by atoms with Crippen molar-refractivity contribution in [1.29, 1.82) is 0 Å². The van der Waals surface area contributed by atoms with Crippen molar-refractivity contribution >= 4 is 21.8 Å². The summed E-state index contributed by atoms with van der Waals surface area (Å²) < 4.78 is 25.8. The largest absolute Gasteiger partial charge is 0.353 e. The number of hydrogen-bond acceptors (Lipinski definition) is 1. The van der Waals surface area contributed by atoms with Crippen LogP contribution in [0.3, 0.4) is 0 Å². The van der Waals surface area contributed by atoms with Crippen LogP contribution in [0.1, 0.15) is 24.8 Å². The highest BCUT2D eigenvalue weighted by Gasteiger charge is 2.27. The molecule has 0 heterocycles. The molecule has 1 aromatic carbocycles. The third-order valence-corrected chi connectivity index (χ3v) is 4.38. The third-order valence-electron chi connectivity index (χ3n) is 3.55. The molecule has 1 amide bonds. The fourth-order valence-corrected chi connectivity index (χ4v) is 3.28. The van der Waals surface area contributed by atoms with Gasteiger partial charge in [-0.1, -0.05) is 28.4 Å². The Hall–Kier alpha value is -0.970. The van der Waals surface area contributed by atoms with Crippen molar-refractivity contribution in [3.63, 3.8) is 0 Å². The van der Waals surface area contributed by atoms with Crippen LogP contribution in [0.2, 0.25) is 0 Å². The molecule has 1 saturated carbocycles. The molecule has 0 aromatic heterocycles. The van der Waals surface area contributed by atoms with E-state index in [4.69, 9.17) is 0 Å². The fourth-order valence-electron chi connectivity index (χ4n) is 2.50. The summed E-state index contributed by atoms with van der Waals surface area (Å²) in [4.78, 5) is 11.9. The van der Waals surface area contributed by atoms with E-state index in [1.165, 1.54) is 6.07 Å². The van der Waals surface area contributed by atoms with Gasteiger partial charge in [-0.25, -0.2) is 8.78 Å². The second-order valence-corrected chi connectivity index (χ2v) is 5.59. The molecule has 104 valence electrons. The zero-order valence-corrected chi connectivity index (χ0v) is 12.1. The summed E-state index contributed by atoms with van der Waals surface area (Å²) in [5.41, 5.74) is 0.491. The first kappa shape index (κ1) is 14.4. The van der Waals surface area contributed by atoms with E-state index in [2.05, 4.69) is 21.2 Å². The highest BCUT2D eigenvalue weighted by molar-refractivity contribution is 9.09. The molecule has 1 aliphatic carbocycles. The number of alkyl halides is 1. The van der Waals surface area contributed by atoms with Crippen molar-refractivity contribution in [3.8, 4) is 0 Å². The zero-order valence-electron chi connectivity index (χ0n) is 10.5. The Labute approximate surface area is 119 Å². The normalized spacial score (nSPS) is 22.5. The predicted molar refractivity (Wildman–Crippen MR) is 73.1 cm³/mol. The molecular formula is C14H16BrF2NO. The molecule has 19 heavy (non-hydrogen) atoms. The topological polar surface area (TPSA) is 29.1 Å². The van der Waals surface area contributed by atoms with Crippen molar-refractivity contribution in [2.24, 2.45) is 5.92 Å². The van der Waals surface area contributed by atoms with E-state index in [9.17, 15) is 13.6 Å². The van der Waals surface area contributed by atoms with Gasteiger partial charge in [-0.3, -0.25) is 4.79 Å². The maximum atomic E-state index is 13.0. The number of hydrogen-bond donors (Lipinski definition) is 1. The lowest BCUT2D eigenvalue weighted by Gasteiger charge is -2.19. The number of nitrogens with one attached hydrogen (secondary N) is 1. The molecule has 2 nitrogen and oxygen atoms in total. The molecule has 2 rings (SSSR count). The lowest BCUT2D eigenvalue weighted by Crippen LogP contribution is -2.38. The summed E-state index contributed by atoms with van der Waals surface area (Å²) in [6.45, 7) is 0. The van der Waals surface area contributed by atoms with Crippen molar-refractivity contribution < 1.29 is 13.6 Å². The summed E-state index contributed by atoms with van der Waals surface area (Å²) in [6.07, 6.45) is 3.30. The Kier molecular flexibility index (Phi) is 4.91. The molecule has 5 heteroatoms. The molecule has 2 unspecified atom stereocenters. The second-order valence-electron chi connectivity index (χ2n) is 4.94. The van der Waals surface area contributed by atoms with Gasteiger partial charge in [0.15, 0.2) is 11.6 Å². The van der Waals surface area contributed by atoms with E-state index >= 15 is 0 Å². The van der Waals surface area contributed by atoms with Crippen molar-refractivity contribution in [3.05, 3.63) is 35.4 Å². The van der Waals surface area contributed by atoms with Crippen LogP contribution >= 0.6 is 15.9 Å². The van der Waals surface area contributed by atoms with Gasteiger partial charge < -0.3 is 5.32 Å². The minimum Gasteiger partial charge on any atom is -0.353 e. The number of rotatable bonds is 4. The Bertz CT molecular complexity index is 467. The summed E-state index contributed by atoms with van der Waals surface area (Å²) >= 11 is 3.45. The molecule has 2 atom stereocenters. The van der Waals surface area contributed by atoms with Gasteiger partial charge in [0.2, 0.25) is 5.91 Å². The average Bonchev–Trinajstić information content (AvgIpc) is 2.81. The molecular weight excluding hydrogens is 316 g/mol. The number of amides is 1. The Balaban J connectivity index is 1.92. The lowest BCUT2D eigenvalue weighted by atomic mass is 10.1. The predicted octanol–water partition coefficient (Wildman–Crippen LogP) is 3.19. The van der Waals surface area contributed by atoms with Gasteiger partial charge in [0.25, 0.3) is 0 Å². The summed E-state index contributed by atoms with van der Waals surface area (Å²) in [5.74, 6) is -1.47. The maximum absolute atomic E-state index is 13.0. The van der Waals surface area contributed by atoms with Crippen LogP contribution in [0.4, 0.5) is 8.78 Å². The zero-order chi connectivity index (χ0) is 13.8. The minimum absolute atomic E-state index is 0.0860. The molecule has 1 aromatic rings. The van der Waals surface area contributed by atoms with E-state index in [0.29, 0.717) is 11.5 Å². The molecule has 0 bridgehead atoms. The SMILES string of the molecule is O=C(Cc1ccc(F)c(F)c1)NC1CCCC1CBr. The van der Waals surface area contributed by atoms with Gasteiger partial charge in [-0.2, -0.15) is 0 Å². The smallest absolute Gasteiger partial charge is 0.224 e. The molecule has 0 saturated heterocycles. The molecule has 0 radical (unpaired) electrons. The van der Waals surface area contributed by atoms with Crippen LogP contribution in [-0.4, -0.2) is 17.3 Å². The summed E-state index contributed by atoms with van der Waals surface area (Å²) in [5, 5.41) is 3.86. The molecule has 1 aliphatic rings. The molecule has 1 fully saturated rings. The standard InChI is InChI=1S/C14H16BrF2NO/c15-8-10-2-1-3-13(10)18-14(19)7-9-4-5-11(16)12(17)6-9/h4-6,10,13H,1-3,7-8H2,(H,18,19). The monoisotopic (exact) mass is 331 g/mol. The van der Waals surface area contributed by atoms with Gasteiger partial charge in [-0.05, 0) is 36.5 Å². The lowest BCUT2D eigenvalue weighted by molar-refractivity contribution is -0.121. The average molecular weight is 332 g/mol. The highest BCUT2D eigenvalue weighted by atomic mass is 79.9. The summed E-state index contributed by atoms with van der Waals surface area (Å²) in [6, 6.07) is 3.76. The third kappa shape index (κ3) is 3.75. The van der Waals surface area contributed by atoms with Gasteiger partial charge >= 0.3 is 0 Å². The van der Waals surface area contributed by atoms with Crippen LogP contribution in [0.5, 0.6) is 0 Å². The van der Waals surface area contributed by atoms with Crippen molar-refractivity contribution in [2.75, 3.05) is 5.33 Å². The van der Waals surface area contributed by atoms with Crippen molar-refractivity contribution in [1.82, 2.24) is 5.32 Å². The van der Waals surface area contributed by atoms with Crippen LogP contribution in [0, 0.1) is 17.6 Å². The quantitative estimate of drug-likeness (QED) is 0.843. The highest BCUT2D eigenvalue weighted by Crippen LogP contribution is 2.27. The first-order valence-electron chi connectivity index (χ1n) is 6.39. The van der Waals surface area contributed by atoms with Crippen LogP contribution in [0.25, 0.3) is 0 Å². The van der Waals surface area contributed by atoms with Crippen LogP contribution in [-0.2, 0) is 11.2 Å². The van der Waals surface area contributed by atoms with Gasteiger partial charge in [0.05, 0.1) is 6.42 Å². The maximum Gasteiger partial charge on any atom is 0.224 e. The Morgan fingerprint density at radius 3 is 2.79 bits per heavy atom. The fraction of sp³-hybridized carbons (Fsp3) is 0.500. The van der Waals surface area contributed by atoms with Gasteiger partial charge in [-0.15, -0.1) is 0 Å². The Morgan fingerprint density at radius 1 is 1.32 bits per heavy atom. The number of carbonyl (C=O) groups is 1. The summed E-state index contributed by atoms with van der Waals surface area (Å²) in [7, 11) is 0. The number of carbonyl (C=O) groups excluding carboxylic acids is 1. The number of halogens is 3. The van der Waals surface area contributed by atoms with E-state index in [0.717, 1.165) is 36.7 Å². The Morgan fingerprint density at radius 2 is 2.11 bits per heavy atom. The molecule has 1 N–H and O–H groups in total. The number of benzene rings is 1. The van der Waals surface area contributed by atoms with E-state index in [1.807, 2.05) is 0 Å². The van der Waals surface area contributed by atoms with Crippen LogP contribution in [0.15, 0.2) is 18.2 Å². The first-order valence-corrected chi connectivity index (χ1v) is 7.51. The van der Waals surface area contributed by atoms with Crippen LogP contribution < -0.4 is 5.32 Å². The van der Waals surface area contributed by atoms with Gasteiger partial charge in [0, 0.05) is 11.4 Å². The van der Waals surface area contributed by atoms with Gasteiger partial charge in [0.1, 0.15) is 0 Å².